The predicted octanol–water partition coefficient (Wildman–Crippen LogP) is 4.28. The van der Waals surface area contributed by atoms with E-state index in [9.17, 15) is 4.39 Å². The molecular weight excluding hydrogens is 285 g/mol. The van der Waals surface area contributed by atoms with E-state index >= 15 is 0 Å². The van der Waals surface area contributed by atoms with Gasteiger partial charge >= 0.3 is 0 Å². The van der Waals surface area contributed by atoms with Gasteiger partial charge in [0, 0.05) is 16.2 Å². The first-order valence-electron chi connectivity index (χ1n) is 6.87. The SMILES string of the molecule is CNC(c1ccc(OC)cc1)C(C)Sc1ccc(F)cc1. The molecule has 112 valence electrons. The van der Waals surface area contributed by atoms with E-state index in [4.69, 9.17) is 4.74 Å². The van der Waals surface area contributed by atoms with Crippen LogP contribution < -0.4 is 10.1 Å². The van der Waals surface area contributed by atoms with E-state index < -0.39 is 0 Å². The number of nitrogens with one attached hydrogen (secondary N) is 1. The zero-order valence-electron chi connectivity index (χ0n) is 12.5. The summed E-state index contributed by atoms with van der Waals surface area (Å²) >= 11 is 1.73. The number of rotatable bonds is 6. The van der Waals surface area contributed by atoms with Gasteiger partial charge in [-0.2, -0.15) is 0 Å². The maximum atomic E-state index is 13.0. The molecule has 2 rings (SSSR count). The molecule has 0 aliphatic heterocycles. The van der Waals surface area contributed by atoms with Crippen LogP contribution >= 0.6 is 11.8 Å². The fourth-order valence-electron chi connectivity index (χ4n) is 2.28. The van der Waals surface area contributed by atoms with Gasteiger partial charge in [-0.05, 0) is 49.0 Å². The van der Waals surface area contributed by atoms with E-state index in [0.717, 1.165) is 10.6 Å². The zero-order valence-corrected chi connectivity index (χ0v) is 13.3. The molecule has 0 heterocycles. The van der Waals surface area contributed by atoms with Crippen LogP contribution in [0.3, 0.4) is 0 Å². The number of hydrogen-bond acceptors (Lipinski definition) is 3. The molecule has 2 unspecified atom stereocenters. The molecule has 0 saturated carbocycles. The minimum Gasteiger partial charge on any atom is -0.497 e. The first-order valence-corrected chi connectivity index (χ1v) is 7.75. The normalized spacial score (nSPS) is 13.7. The van der Waals surface area contributed by atoms with Gasteiger partial charge in [0.1, 0.15) is 11.6 Å². The van der Waals surface area contributed by atoms with E-state index in [1.807, 2.05) is 31.3 Å². The summed E-state index contributed by atoms with van der Waals surface area (Å²) in [6, 6.07) is 14.9. The number of hydrogen-bond donors (Lipinski definition) is 1. The minimum atomic E-state index is -0.202. The van der Waals surface area contributed by atoms with E-state index in [1.54, 1.807) is 18.9 Å². The van der Waals surface area contributed by atoms with Gasteiger partial charge in [-0.1, -0.05) is 19.1 Å². The van der Waals surface area contributed by atoms with Gasteiger partial charge in [0.2, 0.25) is 0 Å². The van der Waals surface area contributed by atoms with Crippen LogP contribution in [0.4, 0.5) is 4.39 Å². The summed E-state index contributed by atoms with van der Waals surface area (Å²) in [4.78, 5) is 1.07. The van der Waals surface area contributed by atoms with Crippen molar-refractivity contribution in [1.29, 1.82) is 0 Å². The summed E-state index contributed by atoms with van der Waals surface area (Å²) in [7, 11) is 3.62. The second-order valence-electron chi connectivity index (χ2n) is 4.82. The first-order chi connectivity index (χ1) is 10.1. The van der Waals surface area contributed by atoms with Crippen molar-refractivity contribution in [2.24, 2.45) is 0 Å². The van der Waals surface area contributed by atoms with Crippen LogP contribution in [-0.2, 0) is 0 Å². The van der Waals surface area contributed by atoms with Gasteiger partial charge in [-0.15, -0.1) is 11.8 Å². The van der Waals surface area contributed by atoms with Crippen molar-refractivity contribution in [3.05, 3.63) is 59.9 Å². The quantitative estimate of drug-likeness (QED) is 0.805. The van der Waals surface area contributed by atoms with Crippen LogP contribution in [0.15, 0.2) is 53.4 Å². The average Bonchev–Trinajstić information content (AvgIpc) is 2.51. The van der Waals surface area contributed by atoms with Crippen molar-refractivity contribution in [2.45, 2.75) is 23.1 Å². The standard InChI is InChI=1S/C17H20FNOS/c1-12(21-16-10-6-14(18)7-11-16)17(19-2)13-4-8-15(20-3)9-5-13/h4-12,17,19H,1-3H3. The lowest BCUT2D eigenvalue weighted by atomic mass is 10.0. The molecule has 0 aliphatic carbocycles. The second-order valence-corrected chi connectivity index (χ2v) is 6.27. The number of benzene rings is 2. The zero-order chi connectivity index (χ0) is 15.2. The predicted molar refractivity (Wildman–Crippen MR) is 86.5 cm³/mol. The Kier molecular flexibility index (Phi) is 5.65. The molecule has 0 aromatic heterocycles. The average molecular weight is 305 g/mol. The molecule has 0 bridgehead atoms. The third kappa shape index (κ3) is 4.22. The summed E-state index contributed by atoms with van der Waals surface area (Å²) in [5.41, 5.74) is 1.21. The molecule has 2 nitrogen and oxygen atoms in total. The molecule has 2 atom stereocenters. The Morgan fingerprint density at radius 1 is 1.05 bits per heavy atom. The molecule has 2 aromatic carbocycles. The minimum absolute atomic E-state index is 0.202. The van der Waals surface area contributed by atoms with Crippen molar-refractivity contribution in [3.63, 3.8) is 0 Å². The van der Waals surface area contributed by atoms with Crippen molar-refractivity contribution < 1.29 is 9.13 Å². The molecular formula is C17H20FNOS. The molecule has 2 aromatic rings. The highest BCUT2D eigenvalue weighted by Crippen LogP contribution is 2.32. The summed E-state index contributed by atoms with van der Waals surface area (Å²) in [5.74, 6) is 0.653. The lowest BCUT2D eigenvalue weighted by molar-refractivity contribution is 0.414. The van der Waals surface area contributed by atoms with Crippen LogP contribution in [0.2, 0.25) is 0 Å². The molecule has 0 fully saturated rings. The van der Waals surface area contributed by atoms with Crippen LogP contribution in [0.25, 0.3) is 0 Å². The van der Waals surface area contributed by atoms with Crippen LogP contribution in [0, 0.1) is 5.82 Å². The van der Waals surface area contributed by atoms with Crippen LogP contribution in [0.1, 0.15) is 18.5 Å². The molecule has 21 heavy (non-hydrogen) atoms. The summed E-state index contributed by atoms with van der Waals surface area (Å²) in [6.07, 6.45) is 0. The van der Waals surface area contributed by atoms with Crippen molar-refractivity contribution in [3.8, 4) is 5.75 Å². The number of halogens is 1. The fraction of sp³-hybridized carbons (Fsp3) is 0.294. The number of thioether (sulfide) groups is 1. The Morgan fingerprint density at radius 3 is 2.19 bits per heavy atom. The molecule has 1 N–H and O–H groups in total. The lowest BCUT2D eigenvalue weighted by Gasteiger charge is -2.24. The Hall–Kier alpha value is -1.52. The second kappa shape index (κ2) is 7.48. The molecule has 0 radical (unpaired) electrons. The largest absolute Gasteiger partial charge is 0.497 e. The van der Waals surface area contributed by atoms with Crippen molar-refractivity contribution in [2.75, 3.05) is 14.2 Å². The highest BCUT2D eigenvalue weighted by atomic mass is 32.2. The fourth-order valence-corrected chi connectivity index (χ4v) is 3.43. The van der Waals surface area contributed by atoms with Gasteiger partial charge in [0.25, 0.3) is 0 Å². The van der Waals surface area contributed by atoms with Gasteiger partial charge in [-0.25, -0.2) is 4.39 Å². The summed E-state index contributed by atoms with van der Waals surface area (Å²) in [6.45, 7) is 2.17. The van der Waals surface area contributed by atoms with E-state index in [1.165, 1.54) is 17.7 Å². The highest BCUT2D eigenvalue weighted by molar-refractivity contribution is 8.00. The molecule has 0 spiro atoms. The molecule has 0 saturated heterocycles. The van der Waals surface area contributed by atoms with E-state index in [0.29, 0.717) is 5.25 Å². The topological polar surface area (TPSA) is 21.3 Å². The molecule has 0 amide bonds. The Balaban J connectivity index is 2.09. The Morgan fingerprint density at radius 2 is 1.67 bits per heavy atom. The van der Waals surface area contributed by atoms with Crippen molar-refractivity contribution >= 4 is 11.8 Å². The van der Waals surface area contributed by atoms with Crippen molar-refractivity contribution in [1.82, 2.24) is 5.32 Å². The van der Waals surface area contributed by atoms with E-state index in [2.05, 4.69) is 24.4 Å². The van der Waals surface area contributed by atoms with Crippen LogP contribution in [-0.4, -0.2) is 19.4 Å². The Labute approximate surface area is 129 Å². The van der Waals surface area contributed by atoms with Gasteiger partial charge in [0.05, 0.1) is 7.11 Å². The lowest BCUT2D eigenvalue weighted by Crippen LogP contribution is -2.25. The number of methoxy groups -OCH3 is 1. The monoisotopic (exact) mass is 305 g/mol. The highest BCUT2D eigenvalue weighted by Gasteiger charge is 2.18. The third-order valence-corrected chi connectivity index (χ3v) is 4.58. The van der Waals surface area contributed by atoms with Crippen LogP contribution in [0.5, 0.6) is 5.75 Å². The Bertz CT molecular complexity index is 556. The molecule has 0 aliphatic rings. The van der Waals surface area contributed by atoms with E-state index in [-0.39, 0.29) is 11.9 Å². The van der Waals surface area contributed by atoms with Gasteiger partial charge < -0.3 is 10.1 Å². The summed E-state index contributed by atoms with van der Waals surface area (Å²) < 4.78 is 18.1. The third-order valence-electron chi connectivity index (χ3n) is 3.39. The first kappa shape index (κ1) is 15.9. The maximum absolute atomic E-state index is 13.0. The van der Waals surface area contributed by atoms with Gasteiger partial charge in [-0.3, -0.25) is 0 Å². The maximum Gasteiger partial charge on any atom is 0.123 e. The van der Waals surface area contributed by atoms with Gasteiger partial charge in [0.15, 0.2) is 0 Å². The molecule has 4 heteroatoms. The number of ether oxygens (including phenoxy) is 1. The smallest absolute Gasteiger partial charge is 0.123 e. The summed E-state index contributed by atoms with van der Waals surface area (Å²) in [5, 5.41) is 3.67.